The molecule has 1 saturated heterocycles. The van der Waals surface area contributed by atoms with Gasteiger partial charge in [0.25, 0.3) is 5.06 Å². The van der Waals surface area contributed by atoms with Crippen molar-refractivity contribution in [3.8, 4) is 0 Å². The summed E-state index contributed by atoms with van der Waals surface area (Å²) < 4.78 is 0. The molecule has 2 aromatic carbocycles. The SMILES string of the molecule is c1ccc(C2=NO[C@@]3(c4ccccc4)S[C@H]4CCCC[C@H]4CN23)cc1. The molecule has 0 unspecified atom stereocenters. The highest BCUT2D eigenvalue weighted by Gasteiger charge is 2.55. The first-order chi connectivity index (χ1) is 12.4. The van der Waals surface area contributed by atoms with Gasteiger partial charge in [-0.05, 0) is 18.8 Å². The van der Waals surface area contributed by atoms with Crippen LogP contribution < -0.4 is 0 Å². The molecule has 0 N–H and O–H groups in total. The lowest BCUT2D eigenvalue weighted by Gasteiger charge is -2.48. The molecule has 2 aromatic rings. The minimum absolute atomic E-state index is 0.509. The minimum Gasteiger partial charge on any atom is -0.348 e. The van der Waals surface area contributed by atoms with Crippen molar-refractivity contribution in [2.24, 2.45) is 11.1 Å². The van der Waals surface area contributed by atoms with Crippen LogP contribution >= 0.6 is 11.8 Å². The maximum absolute atomic E-state index is 6.22. The Kier molecular flexibility index (Phi) is 3.74. The highest BCUT2D eigenvalue weighted by Crippen LogP contribution is 2.55. The normalized spacial score (nSPS) is 30.9. The highest BCUT2D eigenvalue weighted by molar-refractivity contribution is 8.00. The minimum atomic E-state index is -0.509. The van der Waals surface area contributed by atoms with Gasteiger partial charge in [0.15, 0.2) is 5.84 Å². The Bertz CT molecular complexity index is 779. The highest BCUT2D eigenvalue weighted by atomic mass is 32.2. The van der Waals surface area contributed by atoms with Crippen molar-refractivity contribution < 1.29 is 4.84 Å². The van der Waals surface area contributed by atoms with Gasteiger partial charge in [-0.1, -0.05) is 90.4 Å². The quantitative estimate of drug-likeness (QED) is 0.778. The van der Waals surface area contributed by atoms with E-state index in [4.69, 9.17) is 4.84 Å². The van der Waals surface area contributed by atoms with Crippen molar-refractivity contribution in [1.82, 2.24) is 4.90 Å². The number of fused-ring (bicyclic) bond motifs is 2. The van der Waals surface area contributed by atoms with Crippen LogP contribution in [0.5, 0.6) is 0 Å². The summed E-state index contributed by atoms with van der Waals surface area (Å²) in [5.74, 6) is 1.70. The number of hydrogen-bond acceptors (Lipinski definition) is 4. The summed E-state index contributed by atoms with van der Waals surface area (Å²) in [7, 11) is 0. The van der Waals surface area contributed by atoms with E-state index in [1.165, 1.54) is 31.2 Å². The van der Waals surface area contributed by atoms with Crippen molar-refractivity contribution >= 4 is 17.6 Å². The third kappa shape index (κ3) is 2.46. The van der Waals surface area contributed by atoms with Crippen LogP contribution in [0, 0.1) is 5.92 Å². The Morgan fingerprint density at radius 1 is 0.960 bits per heavy atom. The van der Waals surface area contributed by atoms with Crippen molar-refractivity contribution in [1.29, 1.82) is 0 Å². The molecule has 3 nitrogen and oxygen atoms in total. The molecule has 0 aromatic heterocycles. The van der Waals surface area contributed by atoms with E-state index in [-0.39, 0.29) is 0 Å². The summed E-state index contributed by atoms with van der Waals surface area (Å²) >= 11 is 1.97. The molecule has 128 valence electrons. The van der Waals surface area contributed by atoms with Gasteiger partial charge in [0.2, 0.25) is 0 Å². The van der Waals surface area contributed by atoms with Crippen LogP contribution in [0.3, 0.4) is 0 Å². The predicted molar refractivity (Wildman–Crippen MR) is 102 cm³/mol. The van der Waals surface area contributed by atoms with Gasteiger partial charge in [-0.3, -0.25) is 0 Å². The van der Waals surface area contributed by atoms with Gasteiger partial charge in [0.05, 0.1) is 0 Å². The third-order valence-corrected chi connectivity index (χ3v) is 7.38. The van der Waals surface area contributed by atoms with Crippen LogP contribution in [-0.4, -0.2) is 22.5 Å². The topological polar surface area (TPSA) is 24.8 Å². The Balaban J connectivity index is 1.58. The Labute approximate surface area is 153 Å². The molecule has 3 atom stereocenters. The van der Waals surface area contributed by atoms with Gasteiger partial charge in [-0.15, -0.1) is 0 Å². The van der Waals surface area contributed by atoms with E-state index in [1.54, 1.807) is 0 Å². The maximum atomic E-state index is 6.22. The monoisotopic (exact) mass is 350 g/mol. The summed E-state index contributed by atoms with van der Waals surface area (Å²) in [6, 6.07) is 21.0. The zero-order valence-corrected chi connectivity index (χ0v) is 15.0. The number of oxime groups is 1. The Hall–Kier alpha value is -1.94. The molecule has 0 spiro atoms. The van der Waals surface area contributed by atoms with Crippen LogP contribution in [0.4, 0.5) is 0 Å². The zero-order valence-electron chi connectivity index (χ0n) is 14.2. The number of hydrogen-bond donors (Lipinski definition) is 0. The molecule has 2 aliphatic heterocycles. The first-order valence-electron chi connectivity index (χ1n) is 9.19. The third-order valence-electron chi connectivity index (χ3n) is 5.60. The van der Waals surface area contributed by atoms with Crippen molar-refractivity contribution in [3.05, 3.63) is 71.8 Å². The average Bonchev–Trinajstić information content (AvgIpc) is 3.07. The molecular formula is C21H22N2OS. The van der Waals surface area contributed by atoms with E-state index >= 15 is 0 Å². The van der Waals surface area contributed by atoms with Crippen LogP contribution in [0.2, 0.25) is 0 Å². The molecule has 3 aliphatic rings. The lowest BCUT2D eigenvalue weighted by Crippen LogP contribution is -2.53. The summed E-state index contributed by atoms with van der Waals surface area (Å²) in [5, 5.41) is 4.73. The van der Waals surface area contributed by atoms with Crippen molar-refractivity contribution in [2.45, 2.75) is 36.0 Å². The summed E-state index contributed by atoms with van der Waals surface area (Å²) in [6.45, 7) is 1.03. The number of nitrogens with zero attached hydrogens (tertiary/aromatic N) is 2. The number of benzene rings is 2. The van der Waals surface area contributed by atoms with E-state index in [9.17, 15) is 0 Å². The predicted octanol–water partition coefficient (Wildman–Crippen LogP) is 4.80. The molecule has 25 heavy (non-hydrogen) atoms. The largest absolute Gasteiger partial charge is 0.348 e. The lowest BCUT2D eigenvalue weighted by atomic mass is 9.87. The molecule has 1 saturated carbocycles. The average molecular weight is 350 g/mol. The standard InChI is InChI=1S/C21H22N2OS/c1-3-9-16(10-4-1)20-22-24-21(18-12-5-2-6-13-18)23(20)15-17-11-7-8-14-19(17)25-21/h1-6,9-10,12-13,17,19H,7-8,11,14-15H2/t17-,19-,21-/m0/s1. The van der Waals surface area contributed by atoms with Gasteiger partial charge in [-0.25, -0.2) is 0 Å². The van der Waals surface area contributed by atoms with Gasteiger partial charge in [0.1, 0.15) is 0 Å². The first-order valence-corrected chi connectivity index (χ1v) is 10.1. The molecule has 5 rings (SSSR count). The second-order valence-corrected chi connectivity index (χ2v) is 8.53. The molecule has 0 radical (unpaired) electrons. The van der Waals surface area contributed by atoms with E-state index in [0.29, 0.717) is 5.25 Å². The number of rotatable bonds is 2. The molecule has 4 heteroatoms. The van der Waals surface area contributed by atoms with Crippen LogP contribution in [0.1, 0.15) is 36.8 Å². The molecule has 1 aliphatic carbocycles. The fourth-order valence-electron chi connectivity index (χ4n) is 4.33. The number of thioether (sulfide) groups is 1. The zero-order chi connectivity index (χ0) is 16.7. The fourth-order valence-corrected chi connectivity index (χ4v) is 6.08. The fraction of sp³-hybridized carbons (Fsp3) is 0.381. The Morgan fingerprint density at radius 3 is 2.48 bits per heavy atom. The van der Waals surface area contributed by atoms with E-state index in [1.807, 2.05) is 17.8 Å². The van der Waals surface area contributed by atoms with Gasteiger partial charge in [-0.2, -0.15) is 0 Å². The van der Waals surface area contributed by atoms with E-state index < -0.39 is 5.06 Å². The summed E-state index contributed by atoms with van der Waals surface area (Å²) in [5.41, 5.74) is 2.33. The van der Waals surface area contributed by atoms with Gasteiger partial charge < -0.3 is 9.74 Å². The van der Waals surface area contributed by atoms with Crippen molar-refractivity contribution in [2.75, 3.05) is 6.54 Å². The second-order valence-electron chi connectivity index (χ2n) is 7.13. The number of amidine groups is 1. The molecule has 0 amide bonds. The summed E-state index contributed by atoms with van der Waals surface area (Å²) in [6.07, 6.45) is 5.31. The molecule has 0 bridgehead atoms. The first kappa shape index (κ1) is 15.3. The van der Waals surface area contributed by atoms with Gasteiger partial charge in [0, 0.05) is 22.9 Å². The van der Waals surface area contributed by atoms with Crippen LogP contribution in [0.15, 0.2) is 65.8 Å². The summed E-state index contributed by atoms with van der Waals surface area (Å²) in [4.78, 5) is 8.63. The molecular weight excluding hydrogens is 328 g/mol. The van der Waals surface area contributed by atoms with E-state index in [0.717, 1.165) is 23.9 Å². The van der Waals surface area contributed by atoms with E-state index in [2.05, 4.69) is 64.7 Å². The van der Waals surface area contributed by atoms with Crippen LogP contribution in [0.25, 0.3) is 0 Å². The smallest absolute Gasteiger partial charge is 0.285 e. The van der Waals surface area contributed by atoms with Crippen LogP contribution in [-0.2, 0) is 9.89 Å². The van der Waals surface area contributed by atoms with Crippen molar-refractivity contribution in [3.63, 3.8) is 0 Å². The molecule has 2 fully saturated rings. The Morgan fingerprint density at radius 2 is 1.68 bits per heavy atom. The molecule has 2 heterocycles. The maximum Gasteiger partial charge on any atom is 0.285 e. The second kappa shape index (κ2) is 6.10. The lowest BCUT2D eigenvalue weighted by molar-refractivity contribution is -0.0400. The van der Waals surface area contributed by atoms with Gasteiger partial charge >= 0.3 is 0 Å².